The van der Waals surface area contributed by atoms with Crippen LogP contribution >= 0.6 is 0 Å². The van der Waals surface area contributed by atoms with Crippen molar-refractivity contribution in [2.75, 3.05) is 5.32 Å². The van der Waals surface area contributed by atoms with Crippen LogP contribution in [0.15, 0.2) is 48.5 Å². The van der Waals surface area contributed by atoms with Crippen molar-refractivity contribution in [2.24, 2.45) is 0 Å². The van der Waals surface area contributed by atoms with E-state index >= 15 is 0 Å². The molecule has 0 radical (unpaired) electrons. The van der Waals surface area contributed by atoms with Crippen LogP contribution in [0.1, 0.15) is 48.2 Å². The first kappa shape index (κ1) is 15.3. The molecule has 0 spiro atoms. The number of unbranched alkanes of at least 4 members (excludes halogenated alkanes) is 1. The van der Waals surface area contributed by atoms with E-state index in [-0.39, 0.29) is 5.91 Å². The van der Waals surface area contributed by atoms with Gasteiger partial charge in [-0.15, -0.1) is 0 Å². The van der Waals surface area contributed by atoms with Crippen molar-refractivity contribution in [2.45, 2.75) is 39.5 Å². The minimum Gasteiger partial charge on any atom is -0.322 e. The summed E-state index contributed by atoms with van der Waals surface area (Å²) in [6, 6.07) is 15.9. The number of amides is 1. The molecule has 1 amide bonds. The summed E-state index contributed by atoms with van der Waals surface area (Å²) < 4.78 is 0. The number of rotatable bonds is 6. The highest BCUT2D eigenvalue weighted by atomic mass is 16.1. The van der Waals surface area contributed by atoms with Gasteiger partial charge in [0.05, 0.1) is 0 Å². The van der Waals surface area contributed by atoms with Crippen LogP contribution < -0.4 is 5.32 Å². The highest BCUT2D eigenvalue weighted by Gasteiger charge is 2.06. The van der Waals surface area contributed by atoms with Crippen molar-refractivity contribution < 1.29 is 4.79 Å². The summed E-state index contributed by atoms with van der Waals surface area (Å²) in [6.07, 6.45) is 4.47. The van der Waals surface area contributed by atoms with E-state index in [1.807, 2.05) is 48.5 Å². The number of carbonyl (C=O) groups is 1. The monoisotopic (exact) mass is 281 g/mol. The number of nitrogens with one attached hydrogen (secondary N) is 1. The van der Waals surface area contributed by atoms with Gasteiger partial charge in [0.15, 0.2) is 0 Å². The van der Waals surface area contributed by atoms with Gasteiger partial charge in [-0.1, -0.05) is 44.5 Å². The van der Waals surface area contributed by atoms with Gasteiger partial charge in [-0.25, -0.2) is 0 Å². The largest absolute Gasteiger partial charge is 0.322 e. The highest BCUT2D eigenvalue weighted by Crippen LogP contribution is 2.13. The van der Waals surface area contributed by atoms with Crippen molar-refractivity contribution in [3.63, 3.8) is 0 Å². The van der Waals surface area contributed by atoms with Crippen LogP contribution in [0.2, 0.25) is 0 Å². The normalized spacial score (nSPS) is 10.4. The molecule has 2 nitrogen and oxygen atoms in total. The molecule has 0 fully saturated rings. The lowest BCUT2D eigenvalue weighted by molar-refractivity contribution is 0.102. The van der Waals surface area contributed by atoms with Crippen LogP contribution in [0.4, 0.5) is 5.69 Å². The average molecular weight is 281 g/mol. The molecular weight excluding hydrogens is 258 g/mol. The molecule has 0 bridgehead atoms. The number of aryl methyl sites for hydroxylation is 2. The van der Waals surface area contributed by atoms with Crippen molar-refractivity contribution in [3.05, 3.63) is 65.2 Å². The average Bonchev–Trinajstić information content (AvgIpc) is 2.54. The fraction of sp³-hybridized carbons (Fsp3) is 0.316. The Bertz CT molecular complexity index is 570. The molecular formula is C19H23NO. The first-order valence-electron chi connectivity index (χ1n) is 7.72. The van der Waals surface area contributed by atoms with Crippen molar-refractivity contribution in [3.8, 4) is 0 Å². The third-order valence-electron chi connectivity index (χ3n) is 3.66. The van der Waals surface area contributed by atoms with Crippen molar-refractivity contribution >= 4 is 11.6 Å². The lowest BCUT2D eigenvalue weighted by atomic mass is 10.1. The molecule has 110 valence electrons. The quantitative estimate of drug-likeness (QED) is 0.806. The van der Waals surface area contributed by atoms with Crippen molar-refractivity contribution in [1.29, 1.82) is 0 Å². The number of hydrogen-bond donors (Lipinski definition) is 1. The topological polar surface area (TPSA) is 29.1 Å². The van der Waals surface area contributed by atoms with Gasteiger partial charge in [0.25, 0.3) is 5.91 Å². The molecule has 2 aromatic carbocycles. The Hall–Kier alpha value is -2.09. The summed E-state index contributed by atoms with van der Waals surface area (Å²) in [5.41, 5.74) is 4.11. The first-order valence-corrected chi connectivity index (χ1v) is 7.72. The summed E-state index contributed by atoms with van der Waals surface area (Å²) in [4.78, 5) is 12.2. The molecule has 0 aromatic heterocycles. The lowest BCUT2D eigenvalue weighted by Crippen LogP contribution is -2.11. The van der Waals surface area contributed by atoms with E-state index in [2.05, 4.69) is 19.2 Å². The van der Waals surface area contributed by atoms with E-state index in [0.29, 0.717) is 5.56 Å². The predicted molar refractivity (Wildman–Crippen MR) is 88.8 cm³/mol. The molecule has 0 heterocycles. The standard InChI is InChI=1S/C19H23NO/c1-3-5-6-16-7-11-17(12-8-16)19(21)20-18-13-9-15(4-2)10-14-18/h7-14H,3-6H2,1-2H3,(H,20,21). The second-order valence-electron chi connectivity index (χ2n) is 5.31. The number of benzene rings is 2. The summed E-state index contributed by atoms with van der Waals surface area (Å²) in [5, 5.41) is 2.93. The maximum absolute atomic E-state index is 12.2. The van der Waals surface area contributed by atoms with E-state index in [1.165, 1.54) is 24.0 Å². The second-order valence-corrected chi connectivity index (χ2v) is 5.31. The molecule has 1 N–H and O–H groups in total. The molecule has 21 heavy (non-hydrogen) atoms. The van der Waals surface area contributed by atoms with Gasteiger partial charge in [0.2, 0.25) is 0 Å². The van der Waals surface area contributed by atoms with Gasteiger partial charge >= 0.3 is 0 Å². The van der Waals surface area contributed by atoms with E-state index in [0.717, 1.165) is 18.5 Å². The van der Waals surface area contributed by atoms with E-state index < -0.39 is 0 Å². The predicted octanol–water partition coefficient (Wildman–Crippen LogP) is 4.84. The van der Waals surface area contributed by atoms with E-state index in [9.17, 15) is 4.79 Å². The Morgan fingerprint density at radius 2 is 1.52 bits per heavy atom. The fourth-order valence-electron chi connectivity index (χ4n) is 2.23. The van der Waals surface area contributed by atoms with Crippen LogP contribution in [0.5, 0.6) is 0 Å². The molecule has 2 aromatic rings. The molecule has 2 rings (SSSR count). The fourth-order valence-corrected chi connectivity index (χ4v) is 2.23. The summed E-state index contributed by atoms with van der Waals surface area (Å²) >= 11 is 0. The lowest BCUT2D eigenvalue weighted by Gasteiger charge is -2.07. The van der Waals surface area contributed by atoms with Crippen molar-refractivity contribution in [1.82, 2.24) is 0 Å². The van der Waals surface area contributed by atoms with Gasteiger partial charge in [-0.3, -0.25) is 4.79 Å². The third kappa shape index (κ3) is 4.45. The van der Waals surface area contributed by atoms with Crippen LogP contribution in [0, 0.1) is 0 Å². The number of anilines is 1. The van der Waals surface area contributed by atoms with Gasteiger partial charge in [-0.2, -0.15) is 0 Å². The molecule has 0 aliphatic rings. The Kier molecular flexibility index (Phi) is 5.56. The minimum atomic E-state index is -0.0544. The zero-order valence-corrected chi connectivity index (χ0v) is 12.9. The molecule has 0 unspecified atom stereocenters. The zero-order chi connectivity index (χ0) is 15.1. The zero-order valence-electron chi connectivity index (χ0n) is 12.9. The van der Waals surface area contributed by atoms with Gasteiger partial charge in [-0.05, 0) is 54.7 Å². The first-order chi connectivity index (χ1) is 10.2. The molecule has 0 saturated heterocycles. The third-order valence-corrected chi connectivity index (χ3v) is 3.66. The van der Waals surface area contributed by atoms with Crippen LogP contribution in [0.25, 0.3) is 0 Å². The van der Waals surface area contributed by atoms with Crippen LogP contribution in [-0.4, -0.2) is 5.91 Å². The van der Waals surface area contributed by atoms with E-state index in [1.54, 1.807) is 0 Å². The molecule has 0 atom stereocenters. The molecule has 2 heteroatoms. The second kappa shape index (κ2) is 7.63. The molecule has 0 aliphatic heterocycles. The maximum atomic E-state index is 12.2. The summed E-state index contributed by atoms with van der Waals surface area (Å²) in [5.74, 6) is -0.0544. The molecule has 0 saturated carbocycles. The Morgan fingerprint density at radius 3 is 2.10 bits per heavy atom. The van der Waals surface area contributed by atoms with Crippen LogP contribution in [-0.2, 0) is 12.8 Å². The SMILES string of the molecule is CCCCc1ccc(C(=O)Nc2ccc(CC)cc2)cc1. The summed E-state index contributed by atoms with van der Waals surface area (Å²) in [6.45, 7) is 4.30. The smallest absolute Gasteiger partial charge is 0.255 e. The molecule has 0 aliphatic carbocycles. The van der Waals surface area contributed by atoms with E-state index in [4.69, 9.17) is 0 Å². The summed E-state index contributed by atoms with van der Waals surface area (Å²) in [7, 11) is 0. The highest BCUT2D eigenvalue weighted by molar-refractivity contribution is 6.04. The van der Waals surface area contributed by atoms with Gasteiger partial charge < -0.3 is 5.32 Å². The number of carbonyl (C=O) groups excluding carboxylic acids is 1. The van der Waals surface area contributed by atoms with Crippen LogP contribution in [0.3, 0.4) is 0 Å². The number of hydrogen-bond acceptors (Lipinski definition) is 1. The Labute approximate surface area is 127 Å². The Balaban J connectivity index is 1.98. The minimum absolute atomic E-state index is 0.0544. The maximum Gasteiger partial charge on any atom is 0.255 e. The van der Waals surface area contributed by atoms with Gasteiger partial charge in [0.1, 0.15) is 0 Å². The Morgan fingerprint density at radius 1 is 0.905 bits per heavy atom. The van der Waals surface area contributed by atoms with Gasteiger partial charge in [0, 0.05) is 11.3 Å².